The van der Waals surface area contributed by atoms with Gasteiger partial charge in [-0.05, 0) is 32.1 Å². The molecule has 0 saturated carbocycles. The molecule has 2 heterocycles. The van der Waals surface area contributed by atoms with Gasteiger partial charge in [0.1, 0.15) is 6.61 Å². The number of aliphatic imine (C=N–C) groups is 1. The molecule has 0 bridgehead atoms. The Morgan fingerprint density at radius 2 is 2.25 bits per heavy atom. The van der Waals surface area contributed by atoms with Crippen LogP contribution in [0.5, 0.6) is 0 Å². The van der Waals surface area contributed by atoms with Crippen molar-refractivity contribution < 1.29 is 9.47 Å². The molecule has 2 atom stereocenters. The van der Waals surface area contributed by atoms with Crippen LogP contribution in [0.1, 0.15) is 31.9 Å². The van der Waals surface area contributed by atoms with Crippen molar-refractivity contribution >= 4 is 5.90 Å². The van der Waals surface area contributed by atoms with Gasteiger partial charge in [0.15, 0.2) is 5.90 Å². The Hall–Kier alpha value is -1.71. The molecule has 1 aromatic rings. The zero-order valence-electron chi connectivity index (χ0n) is 12.6. The first-order valence-corrected chi connectivity index (χ1v) is 7.08. The maximum atomic E-state index is 5.86. The standard InChI is InChI=1S/C16H22N2O2/c1-16(2)10-20-15(17-16)13-9-11(19-4)8-12(13)14-6-5-7-18(14)3/h5-8,12-13H,9-10H2,1-4H3/t12-,13-/m0/s1. The van der Waals surface area contributed by atoms with Gasteiger partial charge < -0.3 is 14.0 Å². The largest absolute Gasteiger partial charge is 0.501 e. The Morgan fingerprint density at radius 1 is 1.45 bits per heavy atom. The Morgan fingerprint density at radius 3 is 2.80 bits per heavy atom. The second-order valence-corrected chi connectivity index (χ2v) is 6.27. The molecular weight excluding hydrogens is 252 g/mol. The third-order valence-electron chi connectivity index (χ3n) is 4.11. The molecule has 1 aliphatic heterocycles. The van der Waals surface area contributed by atoms with Gasteiger partial charge in [-0.2, -0.15) is 0 Å². The predicted molar refractivity (Wildman–Crippen MR) is 78.8 cm³/mol. The van der Waals surface area contributed by atoms with Gasteiger partial charge in [0.25, 0.3) is 0 Å². The molecule has 0 fully saturated rings. The smallest absolute Gasteiger partial charge is 0.188 e. The molecule has 2 aliphatic rings. The van der Waals surface area contributed by atoms with Crippen LogP contribution in [-0.4, -0.2) is 29.7 Å². The van der Waals surface area contributed by atoms with Crippen LogP contribution in [0.25, 0.3) is 0 Å². The van der Waals surface area contributed by atoms with Gasteiger partial charge in [0.2, 0.25) is 0 Å². The van der Waals surface area contributed by atoms with Gasteiger partial charge >= 0.3 is 0 Å². The van der Waals surface area contributed by atoms with E-state index in [-0.39, 0.29) is 17.4 Å². The third-order valence-corrected chi connectivity index (χ3v) is 4.11. The van der Waals surface area contributed by atoms with Crippen LogP contribution >= 0.6 is 0 Å². The highest BCUT2D eigenvalue weighted by Crippen LogP contribution is 2.41. The minimum Gasteiger partial charge on any atom is -0.501 e. The van der Waals surface area contributed by atoms with Crippen LogP contribution in [0.3, 0.4) is 0 Å². The summed E-state index contributed by atoms with van der Waals surface area (Å²) in [4.78, 5) is 4.76. The lowest BCUT2D eigenvalue weighted by Crippen LogP contribution is -2.20. The number of hydrogen-bond acceptors (Lipinski definition) is 3. The molecule has 1 aliphatic carbocycles. The number of hydrogen-bond donors (Lipinski definition) is 0. The number of allylic oxidation sites excluding steroid dienone is 2. The van der Waals surface area contributed by atoms with E-state index in [9.17, 15) is 0 Å². The molecule has 0 aromatic carbocycles. The Balaban J connectivity index is 1.93. The molecule has 108 valence electrons. The molecule has 3 rings (SSSR count). The van der Waals surface area contributed by atoms with Gasteiger partial charge in [-0.3, -0.25) is 0 Å². The summed E-state index contributed by atoms with van der Waals surface area (Å²) in [6.45, 7) is 4.88. The Kier molecular flexibility index (Phi) is 3.11. The second kappa shape index (κ2) is 4.69. The number of rotatable bonds is 3. The van der Waals surface area contributed by atoms with E-state index in [1.165, 1.54) is 5.69 Å². The van der Waals surface area contributed by atoms with Gasteiger partial charge in [0.05, 0.1) is 24.3 Å². The van der Waals surface area contributed by atoms with Gasteiger partial charge in [-0.25, -0.2) is 4.99 Å². The van der Waals surface area contributed by atoms with E-state index in [2.05, 4.69) is 49.9 Å². The summed E-state index contributed by atoms with van der Waals surface area (Å²) in [5.74, 6) is 2.43. The molecule has 0 radical (unpaired) electrons. The van der Waals surface area contributed by atoms with E-state index in [4.69, 9.17) is 14.5 Å². The molecule has 4 nitrogen and oxygen atoms in total. The SMILES string of the molecule is COC1=C[C@H](c2cccn2C)[C@@H](C2=NC(C)(C)CO2)C1. The minimum atomic E-state index is -0.107. The lowest BCUT2D eigenvalue weighted by Gasteiger charge is -2.19. The fourth-order valence-electron chi connectivity index (χ4n) is 3.04. The van der Waals surface area contributed by atoms with Crippen LogP contribution in [-0.2, 0) is 16.5 Å². The number of nitrogens with zero attached hydrogens (tertiary/aromatic N) is 2. The molecule has 4 heteroatoms. The van der Waals surface area contributed by atoms with E-state index in [1.807, 2.05) is 0 Å². The number of methoxy groups -OCH3 is 1. The highest BCUT2D eigenvalue weighted by atomic mass is 16.5. The normalized spacial score (nSPS) is 28.0. The first kappa shape index (κ1) is 13.3. The first-order chi connectivity index (χ1) is 9.50. The molecular formula is C16H22N2O2. The summed E-state index contributed by atoms with van der Waals surface area (Å²) in [7, 11) is 3.81. The number of aromatic nitrogens is 1. The van der Waals surface area contributed by atoms with Crippen molar-refractivity contribution in [2.45, 2.75) is 31.7 Å². The summed E-state index contributed by atoms with van der Waals surface area (Å²) >= 11 is 0. The zero-order valence-corrected chi connectivity index (χ0v) is 12.6. The van der Waals surface area contributed by atoms with E-state index in [0.717, 1.165) is 18.1 Å². The van der Waals surface area contributed by atoms with Crippen LogP contribution in [0.2, 0.25) is 0 Å². The van der Waals surface area contributed by atoms with Crippen LogP contribution < -0.4 is 0 Å². The summed E-state index contributed by atoms with van der Waals surface area (Å²) in [5.41, 5.74) is 1.17. The summed E-state index contributed by atoms with van der Waals surface area (Å²) in [6.07, 6.45) is 5.14. The van der Waals surface area contributed by atoms with Crippen molar-refractivity contribution in [1.82, 2.24) is 4.57 Å². The highest BCUT2D eigenvalue weighted by Gasteiger charge is 2.39. The molecule has 0 spiro atoms. The number of ether oxygens (including phenoxy) is 2. The fourth-order valence-corrected chi connectivity index (χ4v) is 3.04. The summed E-state index contributed by atoms with van der Waals surface area (Å²) < 4.78 is 13.5. The van der Waals surface area contributed by atoms with Gasteiger partial charge in [-0.1, -0.05) is 0 Å². The van der Waals surface area contributed by atoms with E-state index in [0.29, 0.717) is 6.61 Å². The average molecular weight is 274 g/mol. The average Bonchev–Trinajstić information content (AvgIpc) is 3.06. The third kappa shape index (κ3) is 2.23. The Labute approximate surface area is 120 Å². The summed E-state index contributed by atoms with van der Waals surface area (Å²) in [5, 5.41) is 0. The van der Waals surface area contributed by atoms with Gasteiger partial charge in [-0.15, -0.1) is 0 Å². The monoisotopic (exact) mass is 274 g/mol. The van der Waals surface area contributed by atoms with Crippen molar-refractivity contribution in [3.8, 4) is 0 Å². The maximum absolute atomic E-state index is 5.86. The molecule has 0 N–H and O–H groups in total. The first-order valence-electron chi connectivity index (χ1n) is 7.08. The van der Waals surface area contributed by atoms with Crippen molar-refractivity contribution in [1.29, 1.82) is 0 Å². The second-order valence-electron chi connectivity index (χ2n) is 6.27. The lowest BCUT2D eigenvalue weighted by molar-refractivity contribution is 0.253. The van der Waals surface area contributed by atoms with E-state index >= 15 is 0 Å². The van der Waals surface area contributed by atoms with Crippen LogP contribution in [0, 0.1) is 5.92 Å². The molecule has 1 aromatic heterocycles. The quantitative estimate of drug-likeness (QED) is 0.849. The molecule has 0 unspecified atom stereocenters. The predicted octanol–water partition coefficient (Wildman–Crippen LogP) is 2.87. The van der Waals surface area contributed by atoms with E-state index in [1.54, 1.807) is 7.11 Å². The Bertz CT molecular complexity index is 569. The van der Waals surface area contributed by atoms with Crippen molar-refractivity contribution in [2.75, 3.05) is 13.7 Å². The summed E-state index contributed by atoms with van der Waals surface area (Å²) in [6, 6.07) is 4.24. The highest BCUT2D eigenvalue weighted by molar-refractivity contribution is 5.83. The molecule has 0 saturated heterocycles. The lowest BCUT2D eigenvalue weighted by atomic mass is 9.92. The molecule has 20 heavy (non-hydrogen) atoms. The maximum Gasteiger partial charge on any atom is 0.188 e. The zero-order chi connectivity index (χ0) is 14.3. The topological polar surface area (TPSA) is 35.8 Å². The van der Waals surface area contributed by atoms with Crippen LogP contribution in [0.4, 0.5) is 0 Å². The molecule has 0 amide bonds. The van der Waals surface area contributed by atoms with E-state index < -0.39 is 0 Å². The minimum absolute atomic E-state index is 0.107. The van der Waals surface area contributed by atoms with Crippen molar-refractivity contribution in [2.24, 2.45) is 18.0 Å². The van der Waals surface area contributed by atoms with Crippen molar-refractivity contribution in [3.63, 3.8) is 0 Å². The van der Waals surface area contributed by atoms with Crippen LogP contribution in [0.15, 0.2) is 35.2 Å². The fraction of sp³-hybridized carbons (Fsp3) is 0.562. The van der Waals surface area contributed by atoms with Crippen molar-refractivity contribution in [3.05, 3.63) is 35.9 Å². The van der Waals surface area contributed by atoms with Gasteiger partial charge in [0, 0.05) is 31.3 Å². The number of aryl methyl sites for hydroxylation is 1.